The second kappa shape index (κ2) is 6.43. The Balaban J connectivity index is 3.23. The number of hydrogen-bond donors (Lipinski definition) is 3. The number of nitrogens with one attached hydrogen (secondary N) is 1. The topological polar surface area (TPSA) is 104 Å². The van der Waals surface area contributed by atoms with E-state index in [2.05, 4.69) is 4.72 Å². The fourth-order valence-electron chi connectivity index (χ4n) is 1.96. The van der Waals surface area contributed by atoms with Crippen molar-refractivity contribution >= 4 is 27.3 Å². The lowest BCUT2D eigenvalue weighted by molar-refractivity contribution is 0.0698. The van der Waals surface area contributed by atoms with E-state index in [1.807, 2.05) is 20.8 Å². The summed E-state index contributed by atoms with van der Waals surface area (Å²) < 4.78 is 27.6. The van der Waals surface area contributed by atoms with E-state index in [0.717, 1.165) is 11.3 Å². The van der Waals surface area contributed by atoms with Crippen LogP contribution in [0.25, 0.3) is 0 Å². The Morgan fingerprint density at radius 1 is 1.43 bits per heavy atom. The highest BCUT2D eigenvalue weighted by Gasteiger charge is 2.33. The third-order valence-corrected chi connectivity index (χ3v) is 6.01. The molecule has 21 heavy (non-hydrogen) atoms. The molecule has 1 rings (SSSR count). The maximum absolute atomic E-state index is 12.5. The smallest absolute Gasteiger partial charge is 0.347 e. The van der Waals surface area contributed by atoms with Crippen molar-refractivity contribution in [3.05, 3.63) is 15.8 Å². The number of thiophene rings is 1. The maximum atomic E-state index is 12.5. The standard InChI is InChI=1S/C13H21NO5S2/c1-8-7-20-10(12(16)17)11(8)21(18,19)14-9(5-6-15)13(2,3)4/h7,9,14-15H,5-6H2,1-4H3,(H,16,17). The van der Waals surface area contributed by atoms with Crippen molar-refractivity contribution in [3.8, 4) is 0 Å². The molecule has 0 radical (unpaired) electrons. The fraction of sp³-hybridized carbons (Fsp3) is 0.615. The van der Waals surface area contributed by atoms with Crippen molar-refractivity contribution in [1.82, 2.24) is 4.72 Å². The lowest BCUT2D eigenvalue weighted by Crippen LogP contribution is -2.44. The molecule has 0 amide bonds. The number of aromatic carboxylic acids is 1. The molecular weight excluding hydrogens is 314 g/mol. The summed E-state index contributed by atoms with van der Waals surface area (Å²) in [5.41, 5.74) is 0.00453. The Morgan fingerprint density at radius 2 is 2.00 bits per heavy atom. The van der Waals surface area contributed by atoms with Crippen LogP contribution in [-0.2, 0) is 10.0 Å². The zero-order chi connectivity index (χ0) is 16.4. The predicted octanol–water partition coefficient (Wildman–Crippen LogP) is 1.83. The van der Waals surface area contributed by atoms with Gasteiger partial charge in [-0.15, -0.1) is 11.3 Å². The van der Waals surface area contributed by atoms with E-state index < -0.39 is 27.4 Å². The molecule has 0 spiro atoms. The Bertz CT molecular complexity index is 613. The molecule has 6 nitrogen and oxygen atoms in total. The van der Waals surface area contributed by atoms with Crippen molar-refractivity contribution in [2.45, 2.75) is 45.1 Å². The van der Waals surface area contributed by atoms with Gasteiger partial charge in [-0.3, -0.25) is 0 Å². The molecule has 0 aliphatic heterocycles. The Morgan fingerprint density at radius 3 is 2.43 bits per heavy atom. The molecule has 120 valence electrons. The summed E-state index contributed by atoms with van der Waals surface area (Å²) in [4.78, 5) is 10.8. The maximum Gasteiger partial charge on any atom is 0.347 e. The molecule has 0 aliphatic carbocycles. The second-order valence-corrected chi connectivity index (χ2v) is 8.46. The van der Waals surface area contributed by atoms with Crippen LogP contribution in [0.3, 0.4) is 0 Å². The third kappa shape index (κ3) is 4.26. The van der Waals surface area contributed by atoms with Crippen LogP contribution in [-0.4, -0.2) is 37.2 Å². The molecule has 0 aromatic carbocycles. The molecule has 1 aromatic heterocycles. The van der Waals surface area contributed by atoms with Gasteiger partial charge in [0.1, 0.15) is 9.77 Å². The van der Waals surface area contributed by atoms with Crippen molar-refractivity contribution in [2.24, 2.45) is 5.41 Å². The molecule has 0 aliphatic rings. The summed E-state index contributed by atoms with van der Waals surface area (Å²) >= 11 is 0.891. The van der Waals surface area contributed by atoms with Gasteiger partial charge >= 0.3 is 5.97 Å². The van der Waals surface area contributed by atoms with Crippen molar-refractivity contribution in [1.29, 1.82) is 0 Å². The summed E-state index contributed by atoms with van der Waals surface area (Å²) in [5.74, 6) is -1.26. The number of aliphatic hydroxyl groups is 1. The monoisotopic (exact) mass is 335 g/mol. The van der Waals surface area contributed by atoms with Gasteiger partial charge in [0.2, 0.25) is 10.0 Å². The van der Waals surface area contributed by atoms with Gasteiger partial charge in [0.15, 0.2) is 0 Å². The number of sulfonamides is 1. The highest BCUT2D eigenvalue weighted by molar-refractivity contribution is 7.89. The van der Waals surface area contributed by atoms with Crippen LogP contribution in [0.15, 0.2) is 10.3 Å². The molecule has 1 unspecified atom stereocenters. The fourth-order valence-corrected chi connectivity index (χ4v) is 5.07. The molecular formula is C13H21NO5S2. The molecule has 1 heterocycles. The largest absolute Gasteiger partial charge is 0.477 e. The zero-order valence-corrected chi connectivity index (χ0v) is 14.1. The number of carboxylic acid groups (broad SMARTS) is 1. The molecule has 0 saturated heterocycles. The normalized spacial score (nSPS) is 14.1. The number of aryl methyl sites for hydroxylation is 1. The van der Waals surface area contributed by atoms with Gasteiger partial charge in [-0.05, 0) is 29.7 Å². The molecule has 1 aromatic rings. The van der Waals surface area contributed by atoms with Gasteiger partial charge < -0.3 is 10.2 Å². The first kappa shape index (κ1) is 18.1. The van der Waals surface area contributed by atoms with E-state index in [1.165, 1.54) is 5.38 Å². The van der Waals surface area contributed by atoms with E-state index >= 15 is 0 Å². The quantitative estimate of drug-likeness (QED) is 0.736. The van der Waals surface area contributed by atoms with Crippen LogP contribution in [0, 0.1) is 12.3 Å². The molecule has 0 bridgehead atoms. The van der Waals surface area contributed by atoms with Crippen LogP contribution in [0.5, 0.6) is 0 Å². The summed E-state index contributed by atoms with van der Waals surface area (Å²) in [5, 5.41) is 19.7. The van der Waals surface area contributed by atoms with Crippen LogP contribution < -0.4 is 4.72 Å². The molecule has 8 heteroatoms. The summed E-state index contributed by atoms with van der Waals surface area (Å²) in [6.07, 6.45) is 0.258. The minimum absolute atomic E-state index is 0.154. The van der Waals surface area contributed by atoms with E-state index in [4.69, 9.17) is 10.2 Å². The number of rotatable bonds is 6. The Labute approximate surface area is 128 Å². The predicted molar refractivity (Wildman–Crippen MR) is 81.3 cm³/mol. The summed E-state index contributed by atoms with van der Waals surface area (Å²) in [6, 6.07) is -0.492. The SMILES string of the molecule is Cc1csc(C(=O)O)c1S(=O)(=O)NC(CCO)C(C)(C)C. The van der Waals surface area contributed by atoms with Crippen molar-refractivity contribution in [2.75, 3.05) is 6.61 Å². The highest BCUT2D eigenvalue weighted by Crippen LogP contribution is 2.29. The van der Waals surface area contributed by atoms with Crippen LogP contribution in [0.1, 0.15) is 42.4 Å². The number of carboxylic acids is 1. The van der Waals surface area contributed by atoms with Gasteiger partial charge in [-0.2, -0.15) is 0 Å². The van der Waals surface area contributed by atoms with Gasteiger partial charge in [0, 0.05) is 12.6 Å². The van der Waals surface area contributed by atoms with Gasteiger partial charge in [-0.1, -0.05) is 20.8 Å². The van der Waals surface area contributed by atoms with E-state index in [9.17, 15) is 13.2 Å². The first-order valence-corrected chi connectivity index (χ1v) is 8.81. The van der Waals surface area contributed by atoms with Gasteiger partial charge in [0.05, 0.1) is 0 Å². The highest BCUT2D eigenvalue weighted by atomic mass is 32.2. The van der Waals surface area contributed by atoms with Crippen LogP contribution >= 0.6 is 11.3 Å². The average molecular weight is 335 g/mol. The van der Waals surface area contributed by atoms with E-state index in [0.29, 0.717) is 5.56 Å². The van der Waals surface area contributed by atoms with Crippen LogP contribution in [0.4, 0.5) is 0 Å². The minimum atomic E-state index is -3.96. The Hall–Kier alpha value is -0.960. The molecule has 3 N–H and O–H groups in total. The molecule has 0 saturated carbocycles. The van der Waals surface area contributed by atoms with Crippen molar-refractivity contribution < 1.29 is 23.4 Å². The molecule has 1 atom stereocenters. The molecule has 0 fully saturated rings. The van der Waals surface area contributed by atoms with Gasteiger partial charge in [0.25, 0.3) is 0 Å². The summed E-state index contributed by atoms with van der Waals surface area (Å²) in [7, 11) is -3.96. The zero-order valence-electron chi connectivity index (χ0n) is 12.5. The van der Waals surface area contributed by atoms with E-state index in [1.54, 1.807) is 6.92 Å². The second-order valence-electron chi connectivity index (χ2n) is 5.93. The third-order valence-electron chi connectivity index (χ3n) is 3.14. The lowest BCUT2D eigenvalue weighted by Gasteiger charge is -2.30. The van der Waals surface area contributed by atoms with Crippen molar-refractivity contribution in [3.63, 3.8) is 0 Å². The first-order valence-electron chi connectivity index (χ1n) is 6.45. The van der Waals surface area contributed by atoms with E-state index in [-0.39, 0.29) is 22.8 Å². The summed E-state index contributed by atoms with van der Waals surface area (Å²) in [6.45, 7) is 6.98. The first-order chi connectivity index (χ1) is 9.50. The number of carbonyl (C=O) groups is 1. The van der Waals surface area contributed by atoms with Crippen LogP contribution in [0.2, 0.25) is 0 Å². The minimum Gasteiger partial charge on any atom is -0.477 e. The van der Waals surface area contributed by atoms with Gasteiger partial charge in [-0.25, -0.2) is 17.9 Å². The Kier molecular flexibility index (Phi) is 5.54. The average Bonchev–Trinajstić information content (AvgIpc) is 2.70. The number of hydrogen-bond acceptors (Lipinski definition) is 5. The lowest BCUT2D eigenvalue weighted by atomic mass is 9.86. The number of aliphatic hydroxyl groups excluding tert-OH is 1.